The number of rotatable bonds is 5. The number of halogens is 5. The number of aromatic amines is 1. The Morgan fingerprint density at radius 2 is 2.03 bits per heavy atom. The first-order chi connectivity index (χ1) is 17.9. The van der Waals surface area contributed by atoms with Crippen molar-refractivity contribution in [2.24, 2.45) is 0 Å². The molecule has 0 aliphatic carbocycles. The van der Waals surface area contributed by atoms with Gasteiger partial charge in [-0.15, -0.1) is 0 Å². The van der Waals surface area contributed by atoms with E-state index in [1.165, 1.54) is 37.5 Å². The van der Waals surface area contributed by atoms with Crippen molar-refractivity contribution in [2.75, 3.05) is 23.8 Å². The Bertz CT molecular complexity index is 1400. The number of fused-ring (bicyclic) bond motifs is 1. The quantitative estimate of drug-likeness (QED) is 0.405. The fourth-order valence-corrected chi connectivity index (χ4v) is 4.93. The average Bonchev–Trinajstić information content (AvgIpc) is 2.84. The average molecular weight is 553 g/mol. The van der Waals surface area contributed by atoms with Crippen molar-refractivity contribution in [3.8, 4) is 11.1 Å². The predicted molar refractivity (Wildman–Crippen MR) is 136 cm³/mol. The highest BCUT2D eigenvalue weighted by atomic mass is 35.5. The molecule has 0 saturated carbocycles. The van der Waals surface area contributed by atoms with Crippen LogP contribution in [-0.4, -0.2) is 51.9 Å². The molecule has 1 aliphatic rings. The van der Waals surface area contributed by atoms with Crippen molar-refractivity contribution in [3.63, 3.8) is 0 Å². The zero-order chi connectivity index (χ0) is 27.8. The molecule has 2 N–H and O–H groups in total. The van der Waals surface area contributed by atoms with E-state index in [0.29, 0.717) is 24.1 Å². The second kappa shape index (κ2) is 10.6. The highest BCUT2D eigenvalue weighted by molar-refractivity contribution is 6.33. The van der Waals surface area contributed by atoms with E-state index < -0.39 is 30.6 Å². The molecule has 1 aliphatic heterocycles. The third-order valence-corrected chi connectivity index (χ3v) is 6.66. The molecule has 0 spiro atoms. The molecule has 0 bridgehead atoms. The van der Waals surface area contributed by atoms with E-state index in [1.54, 1.807) is 4.90 Å². The van der Waals surface area contributed by atoms with E-state index in [1.807, 2.05) is 13.8 Å². The molecule has 2 unspecified atom stereocenters. The molecule has 0 radical (unpaired) electrons. The number of alkyl halides is 3. The van der Waals surface area contributed by atoms with Gasteiger partial charge in [0.1, 0.15) is 18.2 Å². The molecule has 2 aromatic heterocycles. The van der Waals surface area contributed by atoms with Crippen molar-refractivity contribution in [2.45, 2.75) is 44.9 Å². The minimum Gasteiger partial charge on any atom is -0.351 e. The Balaban J connectivity index is 1.55. The van der Waals surface area contributed by atoms with Crippen LogP contribution in [0.2, 0.25) is 5.02 Å². The fraction of sp³-hybridized carbons (Fsp3) is 0.360. The smallest absolute Gasteiger partial charge is 0.351 e. The number of pyridine rings is 1. The zero-order valence-electron chi connectivity index (χ0n) is 20.7. The van der Waals surface area contributed by atoms with Gasteiger partial charge < -0.3 is 15.1 Å². The summed E-state index contributed by atoms with van der Waals surface area (Å²) in [4.78, 5) is 31.5. The fourth-order valence-electron chi connectivity index (χ4n) is 4.66. The van der Waals surface area contributed by atoms with E-state index in [2.05, 4.69) is 20.5 Å². The van der Waals surface area contributed by atoms with Crippen LogP contribution >= 0.6 is 11.6 Å². The van der Waals surface area contributed by atoms with Crippen molar-refractivity contribution in [1.82, 2.24) is 20.1 Å². The van der Waals surface area contributed by atoms with E-state index in [4.69, 9.17) is 11.6 Å². The number of benzene rings is 1. The standard InChI is InChI=1S/C25H25ClF4N6O2/c1-4-20-23-15(8-22(37)33-34-23)7-13(2)36(20)24(38)32-19-10-17(26)16(9-18(19)27)14-5-6-21(31-11-14)35(3)12-25(28,29)30/h5-6,8-11,13,20H,4,7,12H2,1-3H3,(H,32,38)(H,33,37). The molecular formula is C25H25ClF4N6O2. The highest BCUT2D eigenvalue weighted by Gasteiger charge is 2.36. The van der Waals surface area contributed by atoms with E-state index in [9.17, 15) is 22.8 Å². The second-order valence-electron chi connectivity index (χ2n) is 9.15. The number of aromatic nitrogens is 3. The Hall–Kier alpha value is -3.67. The SMILES string of the molecule is CCC1c2n[nH]c(=O)cc2CC(C)N1C(=O)Nc1cc(Cl)c(-c2ccc(N(C)CC(F)(F)F)nc2)cc1F. The Labute approximate surface area is 220 Å². The molecular weight excluding hydrogens is 528 g/mol. The van der Waals surface area contributed by atoms with Gasteiger partial charge in [0.2, 0.25) is 0 Å². The number of hydrogen-bond acceptors (Lipinski definition) is 5. The van der Waals surface area contributed by atoms with Crippen LogP contribution in [0.5, 0.6) is 0 Å². The molecule has 8 nitrogen and oxygen atoms in total. The summed E-state index contributed by atoms with van der Waals surface area (Å²) in [5.74, 6) is -0.663. The van der Waals surface area contributed by atoms with Crippen LogP contribution in [-0.2, 0) is 6.42 Å². The number of carbonyl (C=O) groups excluding carboxylic acids is 1. The predicted octanol–water partition coefficient (Wildman–Crippen LogP) is 5.55. The maximum absolute atomic E-state index is 15.1. The molecule has 3 aromatic rings. The first kappa shape index (κ1) is 27.4. The third-order valence-electron chi connectivity index (χ3n) is 6.35. The number of anilines is 2. The van der Waals surface area contributed by atoms with Crippen LogP contribution in [0, 0.1) is 5.82 Å². The molecule has 2 amide bonds. The minimum atomic E-state index is -4.39. The van der Waals surface area contributed by atoms with Crippen LogP contribution in [0.1, 0.15) is 37.6 Å². The highest BCUT2D eigenvalue weighted by Crippen LogP contribution is 2.36. The summed E-state index contributed by atoms with van der Waals surface area (Å²) in [6.45, 7) is 2.55. The molecule has 38 heavy (non-hydrogen) atoms. The van der Waals surface area contributed by atoms with Gasteiger partial charge in [-0.2, -0.15) is 18.3 Å². The summed E-state index contributed by atoms with van der Waals surface area (Å²) in [6.07, 6.45) is -2.15. The molecule has 2 atom stereocenters. The maximum atomic E-state index is 15.1. The molecule has 13 heteroatoms. The van der Waals surface area contributed by atoms with Gasteiger partial charge in [-0.05, 0) is 49.6 Å². The summed E-state index contributed by atoms with van der Waals surface area (Å²) in [7, 11) is 1.26. The lowest BCUT2D eigenvalue weighted by molar-refractivity contribution is -0.119. The van der Waals surface area contributed by atoms with Gasteiger partial charge >= 0.3 is 12.2 Å². The van der Waals surface area contributed by atoms with E-state index in [-0.39, 0.29) is 33.7 Å². The Morgan fingerprint density at radius 1 is 1.29 bits per heavy atom. The monoisotopic (exact) mass is 552 g/mol. The van der Waals surface area contributed by atoms with E-state index in [0.717, 1.165) is 16.5 Å². The molecule has 0 saturated heterocycles. The minimum absolute atomic E-state index is 0.0906. The van der Waals surface area contributed by atoms with Crippen LogP contribution in [0.15, 0.2) is 41.3 Å². The van der Waals surface area contributed by atoms with Gasteiger partial charge in [0, 0.05) is 36.5 Å². The largest absolute Gasteiger partial charge is 0.405 e. The van der Waals surface area contributed by atoms with Gasteiger partial charge in [0.25, 0.3) is 5.56 Å². The van der Waals surface area contributed by atoms with Gasteiger partial charge in [0.05, 0.1) is 22.4 Å². The summed E-state index contributed by atoms with van der Waals surface area (Å²) in [5, 5.41) is 9.24. The maximum Gasteiger partial charge on any atom is 0.405 e. The van der Waals surface area contributed by atoms with Crippen LogP contribution in [0.4, 0.5) is 33.9 Å². The molecule has 202 valence electrons. The third kappa shape index (κ3) is 5.74. The van der Waals surface area contributed by atoms with Crippen molar-refractivity contribution >= 4 is 29.1 Å². The topological polar surface area (TPSA) is 94.2 Å². The van der Waals surface area contributed by atoms with Crippen LogP contribution < -0.4 is 15.8 Å². The van der Waals surface area contributed by atoms with Gasteiger partial charge in [-0.3, -0.25) is 4.79 Å². The Kier molecular flexibility index (Phi) is 7.63. The van der Waals surface area contributed by atoms with Crippen molar-refractivity contribution in [1.29, 1.82) is 0 Å². The summed E-state index contributed by atoms with van der Waals surface area (Å²) >= 11 is 6.40. The number of carbonyl (C=O) groups is 1. The van der Waals surface area contributed by atoms with Crippen LogP contribution in [0.3, 0.4) is 0 Å². The molecule has 0 fully saturated rings. The lowest BCUT2D eigenvalue weighted by Crippen LogP contribution is -2.48. The van der Waals surface area contributed by atoms with Gasteiger partial charge in [-0.25, -0.2) is 19.3 Å². The first-order valence-corrected chi connectivity index (χ1v) is 12.2. The molecule has 1 aromatic carbocycles. The van der Waals surface area contributed by atoms with Gasteiger partial charge in [0.15, 0.2) is 0 Å². The number of urea groups is 1. The van der Waals surface area contributed by atoms with Crippen LogP contribution in [0.25, 0.3) is 11.1 Å². The molecule has 4 rings (SSSR count). The number of nitrogens with one attached hydrogen (secondary N) is 2. The number of H-pyrrole nitrogens is 1. The summed E-state index contributed by atoms with van der Waals surface area (Å²) < 4.78 is 53.0. The second-order valence-corrected chi connectivity index (χ2v) is 9.55. The zero-order valence-corrected chi connectivity index (χ0v) is 21.5. The summed E-state index contributed by atoms with van der Waals surface area (Å²) in [5.41, 5.74) is 1.55. The summed E-state index contributed by atoms with van der Waals surface area (Å²) in [6, 6.07) is 5.49. The number of nitrogens with zero attached hydrogens (tertiary/aromatic N) is 4. The Morgan fingerprint density at radius 3 is 2.66 bits per heavy atom. The lowest BCUT2D eigenvalue weighted by Gasteiger charge is -2.40. The number of hydrogen-bond donors (Lipinski definition) is 2. The normalized spacial score (nSPS) is 17.2. The number of amides is 2. The van der Waals surface area contributed by atoms with Crippen molar-refractivity contribution in [3.05, 3.63) is 69.0 Å². The lowest BCUT2D eigenvalue weighted by atomic mass is 9.92. The van der Waals surface area contributed by atoms with Crippen molar-refractivity contribution < 1.29 is 22.4 Å². The molecule has 3 heterocycles. The van der Waals surface area contributed by atoms with E-state index >= 15 is 4.39 Å². The van der Waals surface area contributed by atoms with Gasteiger partial charge in [-0.1, -0.05) is 18.5 Å². The first-order valence-electron chi connectivity index (χ1n) is 11.8.